The van der Waals surface area contributed by atoms with Crippen molar-refractivity contribution in [3.8, 4) is 61.6 Å². The zero-order valence-corrected chi connectivity index (χ0v) is 30.4. The van der Waals surface area contributed by atoms with Crippen molar-refractivity contribution in [2.24, 2.45) is 0 Å². The number of nitrogens with zero attached hydrogens (tertiary/aromatic N) is 3. The lowest BCUT2D eigenvalue weighted by atomic mass is 9.70. The number of hydrogen-bond donors (Lipinski definition) is 0. The Labute approximate surface area is 324 Å². The summed E-state index contributed by atoms with van der Waals surface area (Å²) in [4.78, 5) is 9.92. The Morgan fingerprint density at radius 1 is 0.339 bits per heavy atom. The lowest BCUT2D eigenvalue weighted by Gasteiger charge is -2.30. The maximum absolute atomic E-state index is 4.96. The molecule has 0 saturated carbocycles. The van der Waals surface area contributed by atoms with Gasteiger partial charge >= 0.3 is 0 Å². The van der Waals surface area contributed by atoms with Crippen LogP contribution in [0.25, 0.3) is 83.4 Å². The Bertz CT molecular complexity index is 3110. The van der Waals surface area contributed by atoms with E-state index in [1.54, 1.807) is 0 Å². The van der Waals surface area contributed by atoms with Gasteiger partial charge in [0.05, 0.1) is 16.4 Å². The van der Waals surface area contributed by atoms with E-state index >= 15 is 0 Å². The molecule has 0 N–H and O–H groups in total. The summed E-state index contributed by atoms with van der Waals surface area (Å²) in [5.74, 6) is 0.724. The molecule has 0 radical (unpaired) electrons. The molecule has 0 bridgehead atoms. The molecule has 0 amide bonds. The zero-order chi connectivity index (χ0) is 36.8. The van der Waals surface area contributed by atoms with E-state index in [-0.39, 0.29) is 5.41 Å². The Hall–Kier alpha value is -7.36. The largest absolute Gasteiger partial charge is 0.309 e. The molecule has 8 aromatic carbocycles. The van der Waals surface area contributed by atoms with Crippen LogP contribution in [0.4, 0.5) is 0 Å². The van der Waals surface area contributed by atoms with Crippen LogP contribution < -0.4 is 0 Å². The molecule has 3 nitrogen and oxygen atoms in total. The summed E-state index contributed by atoms with van der Waals surface area (Å²) in [6.45, 7) is 0. The summed E-state index contributed by atoms with van der Waals surface area (Å²) in [5.41, 5.74) is 19.1. The second-order valence-corrected chi connectivity index (χ2v) is 14.9. The topological polar surface area (TPSA) is 30.7 Å². The number of rotatable bonds is 4. The summed E-state index contributed by atoms with van der Waals surface area (Å²) in [5, 5.41) is 2.50. The van der Waals surface area contributed by atoms with Crippen LogP contribution in [0.1, 0.15) is 22.3 Å². The highest BCUT2D eigenvalue weighted by atomic mass is 15.0. The standard InChI is InChI=1S/C53H33N3/c1-2-12-39(13-3-1)56-50-21-11-7-17-44(50)45-30-36(27-29-51(45)56)34-22-24-35(25-23-34)38-32-54-52(55-33-38)37-26-28-43-42-16-6-10-20-48(42)53(49(43)31-37)46-18-8-4-14-40(46)41-15-5-9-19-47(41)53/h1-33H. The van der Waals surface area contributed by atoms with Crippen LogP contribution in [0.3, 0.4) is 0 Å². The zero-order valence-electron chi connectivity index (χ0n) is 30.4. The molecule has 56 heavy (non-hydrogen) atoms. The molecule has 2 heterocycles. The molecule has 0 atom stereocenters. The van der Waals surface area contributed by atoms with Crippen molar-refractivity contribution in [2.45, 2.75) is 5.41 Å². The van der Waals surface area contributed by atoms with E-state index in [1.165, 1.54) is 83.1 Å². The average Bonchev–Trinajstić information content (AvgIpc) is 3.88. The van der Waals surface area contributed by atoms with E-state index in [0.29, 0.717) is 0 Å². The highest BCUT2D eigenvalue weighted by Gasteiger charge is 2.51. The fourth-order valence-corrected chi connectivity index (χ4v) is 9.72. The molecule has 0 saturated heterocycles. The third kappa shape index (κ3) is 4.28. The van der Waals surface area contributed by atoms with Crippen molar-refractivity contribution < 1.29 is 0 Å². The van der Waals surface area contributed by atoms with E-state index in [1.807, 2.05) is 12.4 Å². The Morgan fingerprint density at radius 2 is 0.839 bits per heavy atom. The van der Waals surface area contributed by atoms with Gasteiger partial charge in [-0.3, -0.25) is 0 Å². The van der Waals surface area contributed by atoms with Crippen LogP contribution in [0, 0.1) is 0 Å². The summed E-state index contributed by atoms with van der Waals surface area (Å²) in [6, 6.07) is 68.4. The van der Waals surface area contributed by atoms with Gasteiger partial charge in [-0.25, -0.2) is 9.97 Å². The van der Waals surface area contributed by atoms with Gasteiger partial charge in [0.1, 0.15) is 0 Å². The molecule has 12 rings (SSSR count). The van der Waals surface area contributed by atoms with Gasteiger partial charge in [0.15, 0.2) is 5.82 Å². The molecule has 2 aromatic heterocycles. The van der Waals surface area contributed by atoms with Gasteiger partial charge in [-0.2, -0.15) is 0 Å². The average molecular weight is 712 g/mol. The fraction of sp³-hybridized carbons (Fsp3) is 0.0189. The summed E-state index contributed by atoms with van der Waals surface area (Å²) < 4.78 is 2.35. The van der Waals surface area contributed by atoms with E-state index in [2.05, 4.69) is 193 Å². The fourth-order valence-electron chi connectivity index (χ4n) is 9.72. The highest BCUT2D eigenvalue weighted by molar-refractivity contribution is 6.10. The smallest absolute Gasteiger partial charge is 0.159 e. The minimum absolute atomic E-state index is 0.389. The van der Waals surface area contributed by atoms with Crippen molar-refractivity contribution in [2.75, 3.05) is 0 Å². The summed E-state index contributed by atoms with van der Waals surface area (Å²) in [7, 11) is 0. The van der Waals surface area contributed by atoms with Crippen molar-refractivity contribution >= 4 is 21.8 Å². The van der Waals surface area contributed by atoms with Gasteiger partial charge in [0, 0.05) is 40.0 Å². The monoisotopic (exact) mass is 711 g/mol. The maximum Gasteiger partial charge on any atom is 0.159 e. The van der Waals surface area contributed by atoms with Gasteiger partial charge < -0.3 is 4.57 Å². The molecule has 10 aromatic rings. The molecule has 2 aliphatic rings. The van der Waals surface area contributed by atoms with Crippen LogP contribution in [-0.2, 0) is 5.41 Å². The van der Waals surface area contributed by atoms with Gasteiger partial charge in [-0.1, -0.05) is 152 Å². The van der Waals surface area contributed by atoms with Gasteiger partial charge in [-0.15, -0.1) is 0 Å². The first-order chi connectivity index (χ1) is 27.8. The van der Waals surface area contributed by atoms with Gasteiger partial charge in [-0.05, 0) is 97.6 Å². The predicted octanol–water partition coefficient (Wildman–Crippen LogP) is 12.9. The van der Waals surface area contributed by atoms with Crippen LogP contribution in [-0.4, -0.2) is 14.5 Å². The molecule has 3 heteroatoms. The SMILES string of the molecule is c1ccc(-n2c3ccccc3c3cc(-c4ccc(-c5cnc(-c6ccc7c(c6)C6(c8ccccc8-c8ccccc86)c6ccccc6-7)nc5)cc4)ccc32)cc1. The quantitative estimate of drug-likeness (QED) is 0.182. The first kappa shape index (κ1) is 31.0. The Balaban J connectivity index is 0.892. The molecule has 0 aliphatic heterocycles. The minimum Gasteiger partial charge on any atom is -0.309 e. The lowest BCUT2D eigenvalue weighted by molar-refractivity contribution is 0.794. The molecular weight excluding hydrogens is 679 g/mol. The highest BCUT2D eigenvalue weighted by Crippen LogP contribution is 2.63. The Morgan fingerprint density at radius 3 is 1.50 bits per heavy atom. The predicted molar refractivity (Wildman–Crippen MR) is 229 cm³/mol. The molecule has 0 unspecified atom stereocenters. The van der Waals surface area contributed by atoms with Gasteiger partial charge in [0.2, 0.25) is 0 Å². The minimum atomic E-state index is -0.389. The Kier molecular flexibility index (Phi) is 6.55. The lowest BCUT2D eigenvalue weighted by Crippen LogP contribution is -2.25. The second-order valence-electron chi connectivity index (χ2n) is 14.9. The number of benzene rings is 8. The molecule has 260 valence electrons. The van der Waals surface area contributed by atoms with E-state index in [0.717, 1.165) is 22.5 Å². The van der Waals surface area contributed by atoms with Crippen LogP contribution in [0.15, 0.2) is 200 Å². The van der Waals surface area contributed by atoms with E-state index in [9.17, 15) is 0 Å². The maximum atomic E-state index is 4.96. The second kappa shape index (κ2) is 11.8. The number of aromatic nitrogens is 3. The van der Waals surface area contributed by atoms with Crippen molar-refractivity contribution in [3.05, 3.63) is 223 Å². The molecular formula is C53H33N3. The molecule has 2 aliphatic carbocycles. The first-order valence-corrected chi connectivity index (χ1v) is 19.2. The third-order valence-electron chi connectivity index (χ3n) is 12.1. The van der Waals surface area contributed by atoms with Crippen molar-refractivity contribution in [1.29, 1.82) is 0 Å². The molecule has 1 spiro atoms. The summed E-state index contributed by atoms with van der Waals surface area (Å²) in [6.07, 6.45) is 3.92. The first-order valence-electron chi connectivity index (χ1n) is 19.2. The van der Waals surface area contributed by atoms with Crippen LogP contribution >= 0.6 is 0 Å². The normalized spacial score (nSPS) is 13.1. The van der Waals surface area contributed by atoms with E-state index < -0.39 is 0 Å². The summed E-state index contributed by atoms with van der Waals surface area (Å²) >= 11 is 0. The number of hydrogen-bond acceptors (Lipinski definition) is 2. The van der Waals surface area contributed by atoms with Crippen molar-refractivity contribution in [1.82, 2.24) is 14.5 Å². The van der Waals surface area contributed by atoms with Crippen molar-refractivity contribution in [3.63, 3.8) is 0 Å². The number of para-hydroxylation sites is 2. The van der Waals surface area contributed by atoms with E-state index in [4.69, 9.17) is 9.97 Å². The van der Waals surface area contributed by atoms with Crippen LogP contribution in [0.2, 0.25) is 0 Å². The molecule has 0 fully saturated rings. The number of fused-ring (bicyclic) bond motifs is 13. The van der Waals surface area contributed by atoms with Crippen LogP contribution in [0.5, 0.6) is 0 Å². The van der Waals surface area contributed by atoms with Gasteiger partial charge in [0.25, 0.3) is 0 Å². The third-order valence-corrected chi connectivity index (χ3v) is 12.1.